The Morgan fingerprint density at radius 3 is 2.61 bits per heavy atom. The Morgan fingerprint density at radius 2 is 1.93 bits per heavy atom. The normalized spacial score (nSPS) is 22.4. The fraction of sp³-hybridized carbons (Fsp3) is 0.550. The van der Waals surface area contributed by atoms with Crippen molar-refractivity contribution in [2.75, 3.05) is 26.1 Å². The number of hydrogen-bond donors (Lipinski definition) is 1. The van der Waals surface area contributed by atoms with Crippen molar-refractivity contribution in [2.24, 2.45) is 0 Å². The number of methoxy groups -OCH3 is 2. The molecule has 1 N–H and O–H groups in total. The Hall–Kier alpha value is -2.77. The molecule has 1 aromatic heterocycles. The number of benzene rings is 1. The van der Waals surface area contributed by atoms with Crippen LogP contribution < -0.4 is 14.8 Å². The van der Waals surface area contributed by atoms with Gasteiger partial charge in [-0.25, -0.2) is 0 Å². The lowest BCUT2D eigenvalue weighted by Crippen LogP contribution is -2.41. The van der Waals surface area contributed by atoms with Crippen molar-refractivity contribution in [3.63, 3.8) is 0 Å². The zero-order valence-electron chi connectivity index (χ0n) is 16.3. The van der Waals surface area contributed by atoms with Gasteiger partial charge in [-0.1, -0.05) is 5.16 Å². The Balaban J connectivity index is 1.36. The first-order valence-electron chi connectivity index (χ1n) is 9.80. The number of rotatable bonds is 6. The topological polar surface area (TPSA) is 89.7 Å². The van der Waals surface area contributed by atoms with Gasteiger partial charge >= 0.3 is 6.01 Å². The first-order chi connectivity index (χ1) is 13.7. The number of amides is 1. The van der Waals surface area contributed by atoms with E-state index >= 15 is 0 Å². The molecule has 0 bridgehead atoms. The quantitative estimate of drug-likeness (QED) is 0.816. The zero-order chi connectivity index (χ0) is 19.5. The molecule has 1 amide bonds. The van der Waals surface area contributed by atoms with Crippen LogP contribution in [0.2, 0.25) is 0 Å². The second kappa shape index (κ2) is 8.08. The first-order valence-corrected chi connectivity index (χ1v) is 9.80. The number of carbonyl (C=O) groups is 1. The Kier molecular flexibility index (Phi) is 5.36. The van der Waals surface area contributed by atoms with Crippen molar-refractivity contribution < 1.29 is 18.8 Å². The first kappa shape index (κ1) is 18.6. The lowest BCUT2D eigenvalue weighted by atomic mass is 9.90. The van der Waals surface area contributed by atoms with Crippen molar-refractivity contribution in [3.05, 3.63) is 18.2 Å². The highest BCUT2D eigenvalue weighted by atomic mass is 16.5. The van der Waals surface area contributed by atoms with Gasteiger partial charge in [0.1, 0.15) is 0 Å². The highest BCUT2D eigenvalue weighted by Crippen LogP contribution is 2.32. The molecule has 2 aromatic rings. The molecule has 2 heterocycles. The van der Waals surface area contributed by atoms with Gasteiger partial charge in [-0.15, -0.1) is 0 Å². The second-order valence-electron chi connectivity index (χ2n) is 7.33. The number of aromatic nitrogens is 2. The van der Waals surface area contributed by atoms with Crippen LogP contribution in [0.5, 0.6) is 11.5 Å². The largest absolute Gasteiger partial charge is 0.493 e. The van der Waals surface area contributed by atoms with Gasteiger partial charge < -0.3 is 24.2 Å². The summed E-state index contributed by atoms with van der Waals surface area (Å²) in [4.78, 5) is 18.5. The van der Waals surface area contributed by atoms with Gasteiger partial charge in [0.25, 0.3) is 0 Å². The smallest absolute Gasteiger partial charge is 0.322 e. The van der Waals surface area contributed by atoms with Crippen molar-refractivity contribution in [2.45, 2.75) is 50.6 Å². The fourth-order valence-electron chi connectivity index (χ4n) is 4.14. The molecule has 1 aromatic carbocycles. The molecule has 8 nitrogen and oxygen atoms in total. The lowest BCUT2D eigenvalue weighted by molar-refractivity contribution is -0.130. The van der Waals surface area contributed by atoms with Crippen LogP contribution in [0.25, 0.3) is 11.4 Å². The van der Waals surface area contributed by atoms with E-state index in [1.807, 2.05) is 18.2 Å². The maximum atomic E-state index is 11.9. The molecule has 28 heavy (non-hydrogen) atoms. The van der Waals surface area contributed by atoms with Crippen LogP contribution in [0.4, 0.5) is 6.01 Å². The predicted octanol–water partition coefficient (Wildman–Crippen LogP) is 3.10. The standard InChI is InChI=1S/C20H26N4O4/c1-26-16-10-5-13(12-17(16)27-2)19-22-20(28-23-19)21-14-6-8-15(9-7-14)24-11-3-4-18(24)25/h5,10,12,14-15H,3-4,6-9,11H2,1-2H3,(H,21,22,23). The second-order valence-corrected chi connectivity index (χ2v) is 7.33. The molecular weight excluding hydrogens is 360 g/mol. The van der Waals surface area contributed by atoms with Crippen LogP contribution in [-0.2, 0) is 4.79 Å². The molecule has 2 fully saturated rings. The van der Waals surface area contributed by atoms with Gasteiger partial charge in [0.15, 0.2) is 11.5 Å². The van der Waals surface area contributed by atoms with Crippen LogP contribution in [0, 0.1) is 0 Å². The van der Waals surface area contributed by atoms with Crippen molar-refractivity contribution >= 4 is 11.9 Å². The molecule has 8 heteroatoms. The van der Waals surface area contributed by atoms with Gasteiger partial charge in [-0.2, -0.15) is 4.98 Å². The highest BCUT2D eigenvalue weighted by molar-refractivity contribution is 5.78. The van der Waals surface area contributed by atoms with Crippen LogP contribution in [0.15, 0.2) is 22.7 Å². The Morgan fingerprint density at radius 1 is 1.14 bits per heavy atom. The number of anilines is 1. The summed E-state index contributed by atoms with van der Waals surface area (Å²) in [7, 11) is 3.19. The molecule has 4 rings (SSSR count). The number of hydrogen-bond acceptors (Lipinski definition) is 7. The number of carbonyl (C=O) groups excluding carboxylic acids is 1. The third kappa shape index (κ3) is 3.76. The van der Waals surface area contributed by atoms with E-state index in [1.165, 1.54) is 0 Å². The summed E-state index contributed by atoms with van der Waals surface area (Å²) in [5, 5.41) is 7.42. The van der Waals surface area contributed by atoms with E-state index in [-0.39, 0.29) is 6.04 Å². The average Bonchev–Trinajstić information content (AvgIpc) is 3.37. The predicted molar refractivity (Wildman–Crippen MR) is 103 cm³/mol. The summed E-state index contributed by atoms with van der Waals surface area (Å²) in [6, 6.07) is 6.61. The third-order valence-electron chi connectivity index (χ3n) is 5.64. The monoisotopic (exact) mass is 386 g/mol. The molecule has 1 saturated carbocycles. The van der Waals surface area contributed by atoms with Crippen LogP contribution in [0.1, 0.15) is 38.5 Å². The fourth-order valence-corrected chi connectivity index (χ4v) is 4.14. The Bertz CT molecular complexity index is 829. The van der Waals surface area contributed by atoms with Gasteiger partial charge in [-0.05, 0) is 50.3 Å². The van der Waals surface area contributed by atoms with Crippen molar-refractivity contribution in [3.8, 4) is 22.9 Å². The molecular formula is C20H26N4O4. The lowest BCUT2D eigenvalue weighted by Gasteiger charge is -2.34. The summed E-state index contributed by atoms with van der Waals surface area (Å²) < 4.78 is 16.0. The van der Waals surface area contributed by atoms with Crippen molar-refractivity contribution in [1.82, 2.24) is 15.0 Å². The average molecular weight is 386 g/mol. The molecule has 0 atom stereocenters. The van der Waals surface area contributed by atoms with Crippen molar-refractivity contribution in [1.29, 1.82) is 0 Å². The van der Waals surface area contributed by atoms with Crippen LogP contribution in [-0.4, -0.2) is 53.8 Å². The highest BCUT2D eigenvalue weighted by Gasteiger charge is 2.31. The van der Waals surface area contributed by atoms with Gasteiger partial charge in [0.05, 0.1) is 14.2 Å². The molecule has 1 saturated heterocycles. The van der Waals surface area contributed by atoms with Gasteiger partial charge in [0.2, 0.25) is 11.7 Å². The molecule has 0 spiro atoms. The molecule has 0 unspecified atom stereocenters. The molecule has 1 aliphatic heterocycles. The molecule has 150 valence electrons. The molecule has 1 aliphatic carbocycles. The number of likely N-dealkylation sites (tertiary alicyclic amines) is 1. The van der Waals surface area contributed by atoms with Gasteiger partial charge in [0, 0.05) is 30.6 Å². The summed E-state index contributed by atoms with van der Waals surface area (Å²) in [5.41, 5.74) is 0.797. The van der Waals surface area contributed by atoms with Crippen LogP contribution in [0.3, 0.4) is 0 Å². The summed E-state index contributed by atoms with van der Waals surface area (Å²) in [6.07, 6.45) is 5.71. The Labute approximate surface area is 164 Å². The van der Waals surface area contributed by atoms with E-state index in [0.717, 1.165) is 44.2 Å². The van der Waals surface area contributed by atoms with E-state index in [2.05, 4.69) is 20.4 Å². The summed E-state index contributed by atoms with van der Waals surface area (Å²) >= 11 is 0. The maximum Gasteiger partial charge on any atom is 0.322 e. The summed E-state index contributed by atoms with van der Waals surface area (Å²) in [6.45, 7) is 0.917. The zero-order valence-corrected chi connectivity index (χ0v) is 16.3. The van der Waals surface area contributed by atoms with Crippen LogP contribution >= 0.6 is 0 Å². The van der Waals surface area contributed by atoms with E-state index in [9.17, 15) is 4.79 Å². The SMILES string of the molecule is COc1ccc(-c2noc(NC3CCC(N4CCCC4=O)CC3)n2)cc1OC. The number of nitrogens with one attached hydrogen (secondary N) is 1. The van der Waals surface area contributed by atoms with E-state index in [0.29, 0.717) is 41.7 Å². The van der Waals surface area contributed by atoms with Gasteiger partial charge in [-0.3, -0.25) is 4.79 Å². The molecule has 2 aliphatic rings. The van der Waals surface area contributed by atoms with E-state index < -0.39 is 0 Å². The van der Waals surface area contributed by atoms with E-state index in [4.69, 9.17) is 14.0 Å². The number of nitrogens with zero attached hydrogens (tertiary/aromatic N) is 3. The minimum Gasteiger partial charge on any atom is -0.493 e. The maximum absolute atomic E-state index is 11.9. The van der Waals surface area contributed by atoms with E-state index in [1.54, 1.807) is 14.2 Å². The summed E-state index contributed by atoms with van der Waals surface area (Å²) in [5.74, 6) is 2.09. The third-order valence-corrected chi connectivity index (χ3v) is 5.64. The minimum atomic E-state index is 0.285. The molecule has 0 radical (unpaired) electrons. The number of ether oxygens (including phenoxy) is 2. The minimum absolute atomic E-state index is 0.285.